The summed E-state index contributed by atoms with van der Waals surface area (Å²) in [6, 6.07) is 16.7. The minimum atomic E-state index is -0.300. The molecule has 0 aliphatic carbocycles. The molecule has 3 rings (SSSR count). The van der Waals surface area contributed by atoms with Crippen molar-refractivity contribution in [1.29, 1.82) is 0 Å². The van der Waals surface area contributed by atoms with Crippen molar-refractivity contribution in [3.63, 3.8) is 0 Å². The zero-order valence-corrected chi connectivity index (χ0v) is 14.4. The molecule has 26 heavy (non-hydrogen) atoms. The second-order valence-electron chi connectivity index (χ2n) is 5.79. The van der Waals surface area contributed by atoms with Crippen molar-refractivity contribution in [2.24, 2.45) is 0 Å². The lowest BCUT2D eigenvalue weighted by molar-refractivity contribution is -0.128. The van der Waals surface area contributed by atoms with Gasteiger partial charge < -0.3 is 4.74 Å². The van der Waals surface area contributed by atoms with Gasteiger partial charge in [-0.2, -0.15) is 0 Å². The maximum Gasteiger partial charge on any atom is 0.242 e. The molecule has 6 nitrogen and oxygen atoms in total. The normalized spacial score (nSPS) is 10.3. The van der Waals surface area contributed by atoms with Gasteiger partial charge in [-0.25, -0.2) is 0 Å². The van der Waals surface area contributed by atoms with E-state index in [1.807, 2.05) is 42.5 Å². The third-order valence-corrected chi connectivity index (χ3v) is 3.93. The fourth-order valence-corrected chi connectivity index (χ4v) is 2.64. The lowest BCUT2D eigenvalue weighted by Gasteiger charge is -2.09. The Morgan fingerprint density at radius 2 is 1.62 bits per heavy atom. The van der Waals surface area contributed by atoms with Gasteiger partial charge in [-0.15, -0.1) is 0 Å². The highest BCUT2D eigenvalue weighted by atomic mass is 16.5. The van der Waals surface area contributed by atoms with Gasteiger partial charge in [0.1, 0.15) is 5.75 Å². The van der Waals surface area contributed by atoms with E-state index in [9.17, 15) is 9.59 Å². The third-order valence-electron chi connectivity index (χ3n) is 3.93. The van der Waals surface area contributed by atoms with E-state index in [0.29, 0.717) is 0 Å². The Hall–Kier alpha value is -3.41. The highest BCUT2D eigenvalue weighted by Crippen LogP contribution is 2.16. The average molecular weight is 349 g/mol. The van der Waals surface area contributed by atoms with Crippen LogP contribution in [0.25, 0.3) is 10.9 Å². The van der Waals surface area contributed by atoms with Crippen molar-refractivity contribution < 1.29 is 14.3 Å². The molecule has 2 N–H and O–H groups in total. The van der Waals surface area contributed by atoms with E-state index in [1.54, 1.807) is 25.4 Å². The summed E-state index contributed by atoms with van der Waals surface area (Å²) in [5.74, 6) is 0.136. The van der Waals surface area contributed by atoms with Crippen LogP contribution in [-0.4, -0.2) is 23.9 Å². The first-order valence-electron chi connectivity index (χ1n) is 8.19. The summed E-state index contributed by atoms with van der Waals surface area (Å²) >= 11 is 0. The molecule has 1 heterocycles. The molecule has 0 aliphatic rings. The van der Waals surface area contributed by atoms with Gasteiger partial charge in [-0.1, -0.05) is 36.4 Å². The highest BCUT2D eigenvalue weighted by molar-refractivity contribution is 5.89. The largest absolute Gasteiger partial charge is 0.497 e. The molecule has 2 aromatic carbocycles. The zero-order valence-electron chi connectivity index (χ0n) is 14.4. The van der Waals surface area contributed by atoms with Crippen molar-refractivity contribution in [3.05, 3.63) is 71.9 Å². The number of hydrogen-bond acceptors (Lipinski definition) is 4. The molecule has 0 aliphatic heterocycles. The number of pyridine rings is 1. The number of ether oxygens (including phenoxy) is 1. The molecular weight excluding hydrogens is 330 g/mol. The number of methoxy groups -OCH3 is 1. The van der Waals surface area contributed by atoms with E-state index < -0.39 is 0 Å². The number of hydrazine groups is 1. The van der Waals surface area contributed by atoms with Crippen molar-refractivity contribution in [2.75, 3.05) is 7.11 Å². The number of para-hydroxylation sites is 1. The summed E-state index contributed by atoms with van der Waals surface area (Å²) < 4.78 is 5.08. The maximum atomic E-state index is 12.1. The molecule has 2 amide bonds. The second-order valence-corrected chi connectivity index (χ2v) is 5.79. The van der Waals surface area contributed by atoms with Gasteiger partial charge in [-0.05, 0) is 29.3 Å². The van der Waals surface area contributed by atoms with Crippen LogP contribution in [0.3, 0.4) is 0 Å². The molecule has 0 spiro atoms. The Kier molecular flexibility index (Phi) is 5.43. The van der Waals surface area contributed by atoms with E-state index in [2.05, 4.69) is 15.8 Å². The van der Waals surface area contributed by atoms with E-state index >= 15 is 0 Å². The first kappa shape index (κ1) is 17.4. The number of rotatable bonds is 5. The summed E-state index contributed by atoms with van der Waals surface area (Å²) in [7, 11) is 1.59. The number of amides is 2. The minimum Gasteiger partial charge on any atom is -0.497 e. The lowest BCUT2D eigenvalue weighted by Crippen LogP contribution is -2.43. The number of hydrogen-bond donors (Lipinski definition) is 2. The van der Waals surface area contributed by atoms with Crippen LogP contribution in [0.5, 0.6) is 5.75 Å². The molecular formula is C20H19N3O3. The zero-order chi connectivity index (χ0) is 18.4. The topological polar surface area (TPSA) is 80.3 Å². The Balaban J connectivity index is 1.54. The Bertz CT molecular complexity index is 918. The lowest BCUT2D eigenvalue weighted by atomic mass is 10.1. The summed E-state index contributed by atoms with van der Waals surface area (Å²) in [6.07, 6.45) is 2.00. The van der Waals surface area contributed by atoms with Gasteiger partial charge in [0, 0.05) is 11.6 Å². The van der Waals surface area contributed by atoms with Crippen molar-refractivity contribution >= 4 is 22.7 Å². The van der Waals surface area contributed by atoms with Crippen molar-refractivity contribution in [3.8, 4) is 5.75 Å². The number of fused-ring (bicyclic) bond motifs is 1. The number of nitrogens with one attached hydrogen (secondary N) is 2. The van der Waals surface area contributed by atoms with E-state index in [-0.39, 0.29) is 24.7 Å². The summed E-state index contributed by atoms with van der Waals surface area (Å²) in [5.41, 5.74) is 7.31. The molecule has 0 saturated heterocycles. The van der Waals surface area contributed by atoms with Crippen LogP contribution >= 0.6 is 0 Å². The summed E-state index contributed by atoms with van der Waals surface area (Å²) in [6.45, 7) is 0. The number of carbonyl (C=O) groups excluding carboxylic acids is 2. The number of benzene rings is 2. The summed E-state index contributed by atoms with van der Waals surface area (Å²) in [5, 5.41) is 0.973. The molecule has 0 unspecified atom stereocenters. The quantitative estimate of drug-likeness (QED) is 0.692. The highest BCUT2D eigenvalue weighted by Gasteiger charge is 2.09. The molecule has 0 fully saturated rings. The molecule has 0 saturated carbocycles. The molecule has 6 heteroatoms. The Morgan fingerprint density at radius 3 is 2.35 bits per heavy atom. The smallest absolute Gasteiger partial charge is 0.242 e. The Morgan fingerprint density at radius 1 is 0.923 bits per heavy atom. The fourth-order valence-electron chi connectivity index (χ4n) is 2.64. The van der Waals surface area contributed by atoms with Gasteiger partial charge >= 0.3 is 0 Å². The van der Waals surface area contributed by atoms with Gasteiger partial charge in [0.15, 0.2) is 0 Å². The molecule has 0 atom stereocenters. The predicted octanol–water partition coefficient (Wildman–Crippen LogP) is 2.18. The number of aromatic nitrogens is 1. The molecule has 3 aromatic rings. The standard InChI is InChI=1S/C20H19N3O3/c1-26-17-9-7-14(8-10-17)12-18(24)22-23-19(25)13-16-5-2-4-15-6-3-11-21-20(15)16/h2-11H,12-13H2,1H3,(H,22,24)(H,23,25). The minimum absolute atomic E-state index is 0.136. The van der Waals surface area contributed by atoms with Gasteiger partial charge in [0.25, 0.3) is 0 Å². The van der Waals surface area contributed by atoms with Crippen LogP contribution < -0.4 is 15.6 Å². The van der Waals surface area contributed by atoms with E-state index in [0.717, 1.165) is 27.8 Å². The van der Waals surface area contributed by atoms with Gasteiger partial charge in [0.05, 0.1) is 25.5 Å². The monoisotopic (exact) mass is 349 g/mol. The van der Waals surface area contributed by atoms with Gasteiger partial charge in [0.2, 0.25) is 11.8 Å². The third kappa shape index (κ3) is 4.36. The van der Waals surface area contributed by atoms with Crippen molar-refractivity contribution in [2.45, 2.75) is 12.8 Å². The molecule has 132 valence electrons. The average Bonchev–Trinajstić information content (AvgIpc) is 2.67. The van der Waals surface area contributed by atoms with Gasteiger partial charge in [-0.3, -0.25) is 25.4 Å². The number of carbonyl (C=O) groups is 2. The van der Waals surface area contributed by atoms with Crippen molar-refractivity contribution in [1.82, 2.24) is 15.8 Å². The van der Waals surface area contributed by atoms with Crippen LogP contribution in [-0.2, 0) is 22.4 Å². The van der Waals surface area contributed by atoms with Crippen LogP contribution in [0.15, 0.2) is 60.8 Å². The van der Waals surface area contributed by atoms with Crippen LogP contribution in [0.1, 0.15) is 11.1 Å². The fraction of sp³-hybridized carbons (Fsp3) is 0.150. The van der Waals surface area contributed by atoms with E-state index in [1.165, 1.54) is 0 Å². The van der Waals surface area contributed by atoms with E-state index in [4.69, 9.17) is 4.74 Å². The Labute approximate surface area is 151 Å². The SMILES string of the molecule is COc1ccc(CC(=O)NNC(=O)Cc2cccc3cccnc23)cc1. The first-order valence-corrected chi connectivity index (χ1v) is 8.19. The molecule has 1 aromatic heterocycles. The maximum absolute atomic E-state index is 12.1. The predicted molar refractivity (Wildman–Crippen MR) is 98.4 cm³/mol. The first-order chi connectivity index (χ1) is 12.7. The molecule has 0 bridgehead atoms. The van der Waals surface area contributed by atoms with Crippen LogP contribution in [0, 0.1) is 0 Å². The second kappa shape index (κ2) is 8.11. The van der Waals surface area contributed by atoms with Crippen LogP contribution in [0.4, 0.5) is 0 Å². The molecule has 0 radical (unpaired) electrons. The number of nitrogens with zero attached hydrogens (tertiary/aromatic N) is 1. The summed E-state index contributed by atoms with van der Waals surface area (Å²) in [4.78, 5) is 28.4. The van der Waals surface area contributed by atoms with Crippen LogP contribution in [0.2, 0.25) is 0 Å².